The fourth-order valence-electron chi connectivity index (χ4n) is 1.79. The van der Waals surface area contributed by atoms with E-state index in [0.29, 0.717) is 5.92 Å². The van der Waals surface area contributed by atoms with E-state index in [9.17, 15) is 0 Å². The largest absolute Gasteiger partial charge is 0.102 e. The molecule has 1 aliphatic carbocycles. The van der Waals surface area contributed by atoms with Gasteiger partial charge in [0.05, 0.1) is 0 Å². The van der Waals surface area contributed by atoms with E-state index in [1.807, 2.05) is 6.08 Å². The highest BCUT2D eigenvalue weighted by Crippen LogP contribution is 2.26. The Labute approximate surface area is 91.6 Å². The van der Waals surface area contributed by atoms with Crippen LogP contribution in [0.4, 0.5) is 0 Å². The number of hydrogen-bond acceptors (Lipinski definition) is 0. The van der Waals surface area contributed by atoms with Crippen molar-refractivity contribution in [2.75, 3.05) is 0 Å². The van der Waals surface area contributed by atoms with E-state index < -0.39 is 0 Å². The maximum absolute atomic E-state index is 3.81. The van der Waals surface area contributed by atoms with Gasteiger partial charge in [0, 0.05) is 5.92 Å². The van der Waals surface area contributed by atoms with Gasteiger partial charge < -0.3 is 0 Å². The first-order valence-corrected chi connectivity index (χ1v) is 5.31. The molecule has 1 aromatic carbocycles. The summed E-state index contributed by atoms with van der Waals surface area (Å²) >= 11 is 0. The van der Waals surface area contributed by atoms with E-state index >= 15 is 0 Å². The Bertz CT molecular complexity index is 447. The Morgan fingerprint density at radius 3 is 2.60 bits per heavy atom. The summed E-state index contributed by atoms with van der Waals surface area (Å²) in [6.07, 6.45) is 8.57. The first-order chi connectivity index (χ1) is 7.20. The van der Waals surface area contributed by atoms with Crippen LogP contribution in [0.2, 0.25) is 0 Å². The predicted molar refractivity (Wildman–Crippen MR) is 66.7 cm³/mol. The lowest BCUT2D eigenvalue weighted by molar-refractivity contribution is 1.10. The molecule has 0 fully saturated rings. The van der Waals surface area contributed by atoms with Crippen molar-refractivity contribution >= 4 is 5.57 Å². The van der Waals surface area contributed by atoms with Gasteiger partial charge in [0.1, 0.15) is 0 Å². The van der Waals surface area contributed by atoms with Gasteiger partial charge in [0.25, 0.3) is 0 Å². The summed E-state index contributed by atoms with van der Waals surface area (Å²) in [5.41, 5.74) is 5.31. The van der Waals surface area contributed by atoms with Crippen LogP contribution < -0.4 is 0 Å². The van der Waals surface area contributed by atoms with Crippen molar-refractivity contribution in [2.24, 2.45) is 5.92 Å². The van der Waals surface area contributed by atoms with E-state index in [4.69, 9.17) is 0 Å². The van der Waals surface area contributed by atoms with E-state index in [1.165, 1.54) is 22.3 Å². The zero-order chi connectivity index (χ0) is 10.8. The summed E-state index contributed by atoms with van der Waals surface area (Å²) in [6, 6.07) is 6.61. The third kappa shape index (κ3) is 1.94. The quantitative estimate of drug-likeness (QED) is 0.626. The molecule has 0 N–H and O–H groups in total. The molecule has 0 saturated carbocycles. The third-order valence-corrected chi connectivity index (χ3v) is 2.98. The van der Waals surface area contributed by atoms with Gasteiger partial charge in [0.2, 0.25) is 0 Å². The van der Waals surface area contributed by atoms with Gasteiger partial charge in [-0.1, -0.05) is 42.5 Å². The molecular formula is C15H16. The number of rotatable bonds is 2. The summed E-state index contributed by atoms with van der Waals surface area (Å²) in [7, 11) is 0. The van der Waals surface area contributed by atoms with Gasteiger partial charge in [-0.15, -0.1) is 6.58 Å². The normalized spacial score (nSPS) is 19.1. The molecule has 0 saturated heterocycles. The molecule has 1 aliphatic rings. The minimum absolute atomic E-state index is 0.404. The molecular weight excluding hydrogens is 180 g/mol. The average molecular weight is 196 g/mol. The number of aryl methyl sites for hydroxylation is 2. The molecule has 1 atom stereocenters. The van der Waals surface area contributed by atoms with E-state index in [2.05, 4.69) is 56.9 Å². The lowest BCUT2D eigenvalue weighted by Crippen LogP contribution is -1.85. The van der Waals surface area contributed by atoms with Crippen LogP contribution in [0.25, 0.3) is 5.57 Å². The SMILES string of the molecule is C=CC1C=CC(c2ccc(C)c(C)c2)=C1. The van der Waals surface area contributed by atoms with Gasteiger partial charge >= 0.3 is 0 Å². The van der Waals surface area contributed by atoms with Crippen molar-refractivity contribution in [3.8, 4) is 0 Å². The summed E-state index contributed by atoms with van der Waals surface area (Å²) in [4.78, 5) is 0. The maximum atomic E-state index is 3.81. The van der Waals surface area contributed by atoms with Gasteiger partial charge in [-0.2, -0.15) is 0 Å². The highest BCUT2D eigenvalue weighted by Gasteiger charge is 2.08. The van der Waals surface area contributed by atoms with Crippen LogP contribution in [-0.2, 0) is 0 Å². The van der Waals surface area contributed by atoms with Crippen LogP contribution in [0.3, 0.4) is 0 Å². The molecule has 0 amide bonds. The van der Waals surface area contributed by atoms with Crippen molar-refractivity contribution in [2.45, 2.75) is 13.8 Å². The van der Waals surface area contributed by atoms with Crippen LogP contribution in [-0.4, -0.2) is 0 Å². The monoisotopic (exact) mass is 196 g/mol. The van der Waals surface area contributed by atoms with Crippen molar-refractivity contribution in [3.05, 3.63) is 65.8 Å². The van der Waals surface area contributed by atoms with Crippen molar-refractivity contribution in [3.63, 3.8) is 0 Å². The van der Waals surface area contributed by atoms with Crippen LogP contribution in [0, 0.1) is 19.8 Å². The first kappa shape index (κ1) is 9.97. The highest BCUT2D eigenvalue weighted by molar-refractivity contribution is 5.77. The molecule has 0 bridgehead atoms. The smallest absolute Gasteiger partial charge is 0.0137 e. The van der Waals surface area contributed by atoms with Crippen LogP contribution in [0.15, 0.2) is 49.1 Å². The Hall–Kier alpha value is -1.56. The molecule has 0 aromatic heterocycles. The minimum Gasteiger partial charge on any atom is -0.102 e. The van der Waals surface area contributed by atoms with Crippen molar-refractivity contribution < 1.29 is 0 Å². The molecule has 1 unspecified atom stereocenters. The zero-order valence-electron chi connectivity index (χ0n) is 9.33. The standard InChI is InChI=1S/C15H16/c1-4-13-6-8-15(10-13)14-7-5-11(2)12(3)9-14/h4-10,13H,1H2,2-3H3. The molecule has 15 heavy (non-hydrogen) atoms. The van der Waals surface area contributed by atoms with Crippen molar-refractivity contribution in [1.29, 1.82) is 0 Å². The lowest BCUT2D eigenvalue weighted by Gasteiger charge is -2.04. The molecule has 2 rings (SSSR count). The summed E-state index contributed by atoms with van der Waals surface area (Å²) in [6.45, 7) is 8.11. The average Bonchev–Trinajstić information content (AvgIpc) is 2.70. The zero-order valence-corrected chi connectivity index (χ0v) is 9.33. The number of allylic oxidation sites excluding steroid dienone is 5. The van der Waals surface area contributed by atoms with Gasteiger partial charge in [-0.3, -0.25) is 0 Å². The van der Waals surface area contributed by atoms with Gasteiger partial charge in [0.15, 0.2) is 0 Å². The molecule has 76 valence electrons. The second kappa shape index (κ2) is 3.90. The van der Waals surface area contributed by atoms with Crippen LogP contribution >= 0.6 is 0 Å². The second-order valence-electron chi connectivity index (χ2n) is 4.09. The minimum atomic E-state index is 0.404. The van der Waals surface area contributed by atoms with Crippen LogP contribution in [0.1, 0.15) is 16.7 Å². The molecule has 0 nitrogen and oxygen atoms in total. The Morgan fingerprint density at radius 1 is 1.20 bits per heavy atom. The summed E-state index contributed by atoms with van der Waals surface area (Å²) in [5, 5.41) is 0. The van der Waals surface area contributed by atoms with Crippen LogP contribution in [0.5, 0.6) is 0 Å². The molecule has 0 spiro atoms. The molecule has 0 radical (unpaired) electrons. The topological polar surface area (TPSA) is 0 Å². The van der Waals surface area contributed by atoms with Gasteiger partial charge in [-0.25, -0.2) is 0 Å². The summed E-state index contributed by atoms with van der Waals surface area (Å²) in [5.74, 6) is 0.404. The maximum Gasteiger partial charge on any atom is 0.0137 e. The number of hydrogen-bond donors (Lipinski definition) is 0. The Balaban J connectivity index is 2.36. The summed E-state index contributed by atoms with van der Waals surface area (Å²) < 4.78 is 0. The second-order valence-corrected chi connectivity index (χ2v) is 4.09. The Kier molecular flexibility index (Phi) is 2.59. The molecule has 1 aromatic rings. The van der Waals surface area contributed by atoms with Gasteiger partial charge in [-0.05, 0) is 36.1 Å². The van der Waals surface area contributed by atoms with E-state index in [0.717, 1.165) is 0 Å². The van der Waals surface area contributed by atoms with E-state index in [1.54, 1.807) is 0 Å². The fraction of sp³-hybridized carbons (Fsp3) is 0.200. The Morgan fingerprint density at radius 2 is 2.00 bits per heavy atom. The molecule has 0 heteroatoms. The fourth-order valence-corrected chi connectivity index (χ4v) is 1.79. The van der Waals surface area contributed by atoms with Crippen molar-refractivity contribution in [1.82, 2.24) is 0 Å². The number of benzene rings is 1. The first-order valence-electron chi connectivity index (χ1n) is 5.31. The molecule has 0 heterocycles. The highest BCUT2D eigenvalue weighted by atomic mass is 14.1. The predicted octanol–water partition coefficient (Wildman–Crippen LogP) is 4.06. The molecule has 0 aliphatic heterocycles. The van der Waals surface area contributed by atoms with E-state index in [-0.39, 0.29) is 0 Å². The third-order valence-electron chi connectivity index (χ3n) is 2.98. The lowest BCUT2D eigenvalue weighted by atomic mass is 10.0.